The number of ether oxygens (including phenoxy) is 1. The first-order valence-electron chi connectivity index (χ1n) is 8.41. The molecule has 128 valence electrons. The molecule has 3 aromatic rings. The zero-order valence-corrected chi connectivity index (χ0v) is 14.1. The first-order chi connectivity index (χ1) is 12.3. The smallest absolute Gasteiger partial charge is 0.254 e. The molecule has 0 saturated heterocycles. The van der Waals surface area contributed by atoms with Gasteiger partial charge in [-0.05, 0) is 36.8 Å². The Labute approximate surface area is 146 Å². The fraction of sp³-hybridized carbons (Fsp3) is 0.316. The second-order valence-corrected chi connectivity index (χ2v) is 6.29. The number of aromatic nitrogens is 3. The van der Waals surface area contributed by atoms with Gasteiger partial charge in [-0.2, -0.15) is 5.10 Å². The third kappa shape index (κ3) is 3.00. The third-order valence-corrected chi connectivity index (χ3v) is 4.72. The van der Waals surface area contributed by atoms with Crippen LogP contribution in [0.3, 0.4) is 0 Å². The van der Waals surface area contributed by atoms with Crippen molar-refractivity contribution >= 4 is 16.8 Å². The molecule has 1 aromatic carbocycles. The number of methoxy groups -OCH3 is 1. The van der Waals surface area contributed by atoms with E-state index in [4.69, 9.17) is 4.74 Å². The van der Waals surface area contributed by atoms with Gasteiger partial charge < -0.3 is 9.64 Å². The van der Waals surface area contributed by atoms with Crippen LogP contribution >= 0.6 is 0 Å². The molecule has 1 amide bonds. The molecule has 0 bridgehead atoms. The molecule has 3 heterocycles. The van der Waals surface area contributed by atoms with Crippen molar-refractivity contribution in [2.75, 3.05) is 13.7 Å². The summed E-state index contributed by atoms with van der Waals surface area (Å²) < 4.78 is 7.34. The van der Waals surface area contributed by atoms with Crippen molar-refractivity contribution < 1.29 is 9.53 Å². The molecule has 1 aliphatic heterocycles. The van der Waals surface area contributed by atoms with Gasteiger partial charge in [0.1, 0.15) is 0 Å². The molecule has 0 radical (unpaired) electrons. The van der Waals surface area contributed by atoms with Crippen LogP contribution in [0.5, 0.6) is 0 Å². The first kappa shape index (κ1) is 15.8. The highest BCUT2D eigenvalue weighted by Gasteiger charge is 2.28. The monoisotopic (exact) mass is 336 g/mol. The van der Waals surface area contributed by atoms with Crippen LogP contribution in [0.4, 0.5) is 0 Å². The molecule has 6 nitrogen and oxygen atoms in total. The van der Waals surface area contributed by atoms with E-state index in [0.29, 0.717) is 18.7 Å². The summed E-state index contributed by atoms with van der Waals surface area (Å²) in [6.07, 6.45) is 4.37. The van der Waals surface area contributed by atoms with Gasteiger partial charge in [0.2, 0.25) is 0 Å². The Kier molecular flexibility index (Phi) is 4.19. The molecular weight excluding hydrogens is 316 g/mol. The number of carbonyl (C=O) groups is 1. The summed E-state index contributed by atoms with van der Waals surface area (Å²) >= 11 is 0. The van der Waals surface area contributed by atoms with E-state index in [0.717, 1.165) is 29.6 Å². The number of hydrogen-bond acceptors (Lipinski definition) is 4. The van der Waals surface area contributed by atoms with Crippen LogP contribution < -0.4 is 0 Å². The van der Waals surface area contributed by atoms with Gasteiger partial charge >= 0.3 is 0 Å². The molecule has 1 unspecified atom stereocenters. The van der Waals surface area contributed by atoms with Gasteiger partial charge in [0, 0.05) is 37.0 Å². The van der Waals surface area contributed by atoms with Crippen LogP contribution in [0.1, 0.15) is 22.5 Å². The number of aryl methyl sites for hydroxylation is 1. The normalized spacial score (nSPS) is 17.3. The van der Waals surface area contributed by atoms with E-state index in [1.54, 1.807) is 19.5 Å². The molecule has 6 heteroatoms. The van der Waals surface area contributed by atoms with Gasteiger partial charge in [0.05, 0.1) is 30.4 Å². The summed E-state index contributed by atoms with van der Waals surface area (Å²) in [6, 6.07) is 11.5. The maximum absolute atomic E-state index is 13.2. The lowest BCUT2D eigenvalue weighted by Crippen LogP contribution is -2.41. The predicted molar refractivity (Wildman–Crippen MR) is 94.1 cm³/mol. The van der Waals surface area contributed by atoms with E-state index in [1.165, 1.54) is 0 Å². The minimum absolute atomic E-state index is 0.0162. The molecule has 0 aliphatic carbocycles. The Bertz CT molecular complexity index is 905. The van der Waals surface area contributed by atoms with Gasteiger partial charge in [-0.15, -0.1) is 0 Å². The van der Waals surface area contributed by atoms with E-state index in [2.05, 4.69) is 10.1 Å². The molecule has 1 atom stereocenters. The number of pyridine rings is 1. The van der Waals surface area contributed by atoms with Crippen LogP contribution in [0.15, 0.2) is 48.8 Å². The quantitative estimate of drug-likeness (QED) is 0.737. The van der Waals surface area contributed by atoms with Crippen molar-refractivity contribution in [3.8, 4) is 0 Å². The first-order valence-corrected chi connectivity index (χ1v) is 8.41. The largest absolute Gasteiger partial charge is 0.383 e. The third-order valence-electron chi connectivity index (χ3n) is 4.72. The summed E-state index contributed by atoms with van der Waals surface area (Å²) in [7, 11) is 1.67. The molecule has 0 N–H and O–H groups in total. The highest BCUT2D eigenvalue weighted by atomic mass is 16.5. The van der Waals surface area contributed by atoms with Crippen molar-refractivity contribution in [3.63, 3.8) is 0 Å². The second kappa shape index (κ2) is 6.64. The predicted octanol–water partition coefficient (Wildman–Crippen LogP) is 2.49. The molecule has 0 saturated carbocycles. The summed E-state index contributed by atoms with van der Waals surface area (Å²) in [5, 5.41) is 5.32. The molecule has 1 aliphatic rings. The summed E-state index contributed by atoms with van der Waals surface area (Å²) in [4.78, 5) is 19.5. The Morgan fingerprint density at radius 2 is 2.20 bits per heavy atom. The van der Waals surface area contributed by atoms with Gasteiger partial charge in [-0.25, -0.2) is 0 Å². The number of nitrogens with zero attached hydrogens (tertiary/aromatic N) is 4. The van der Waals surface area contributed by atoms with E-state index in [1.807, 2.05) is 46.0 Å². The van der Waals surface area contributed by atoms with Gasteiger partial charge in [-0.1, -0.05) is 6.07 Å². The Morgan fingerprint density at radius 3 is 3.08 bits per heavy atom. The van der Waals surface area contributed by atoms with E-state index in [-0.39, 0.29) is 11.9 Å². The topological polar surface area (TPSA) is 60.2 Å². The second-order valence-electron chi connectivity index (χ2n) is 6.29. The van der Waals surface area contributed by atoms with Crippen molar-refractivity contribution in [1.82, 2.24) is 19.7 Å². The zero-order chi connectivity index (χ0) is 17.2. The van der Waals surface area contributed by atoms with Crippen molar-refractivity contribution in [2.24, 2.45) is 0 Å². The fourth-order valence-corrected chi connectivity index (χ4v) is 3.40. The number of carbonyl (C=O) groups excluding carboxylic acids is 1. The maximum atomic E-state index is 13.2. The van der Waals surface area contributed by atoms with Crippen molar-refractivity contribution in [2.45, 2.75) is 25.6 Å². The minimum Gasteiger partial charge on any atom is -0.383 e. The Balaban J connectivity index is 1.69. The number of rotatable bonds is 3. The lowest BCUT2D eigenvalue weighted by atomic mass is 10.1. The lowest BCUT2D eigenvalue weighted by molar-refractivity contribution is 0.0503. The Morgan fingerprint density at radius 1 is 1.28 bits per heavy atom. The lowest BCUT2D eigenvalue weighted by Gasteiger charge is -2.29. The van der Waals surface area contributed by atoms with Crippen LogP contribution in [0.25, 0.3) is 10.9 Å². The zero-order valence-electron chi connectivity index (χ0n) is 14.1. The van der Waals surface area contributed by atoms with E-state index >= 15 is 0 Å². The van der Waals surface area contributed by atoms with Crippen molar-refractivity contribution in [3.05, 3.63) is 60.0 Å². The van der Waals surface area contributed by atoms with E-state index < -0.39 is 0 Å². The standard InChI is InChI=1S/C19H20N4O2/c1-25-13-17-7-10-23-16(6-9-21-23)12-22(17)19(24)15-4-5-18-14(11-15)3-2-8-20-18/h2-6,8-9,11,17H,7,10,12-13H2,1H3. The Hall–Kier alpha value is -2.73. The van der Waals surface area contributed by atoms with Crippen LogP contribution in [0, 0.1) is 0 Å². The SMILES string of the molecule is COCC1CCn2nccc2CN1C(=O)c1ccc2ncccc2c1. The molecule has 4 rings (SSSR count). The molecule has 25 heavy (non-hydrogen) atoms. The molecule has 2 aromatic heterocycles. The number of benzene rings is 1. The summed E-state index contributed by atoms with van der Waals surface area (Å²) in [5.74, 6) is 0.0162. The number of fused-ring (bicyclic) bond motifs is 2. The van der Waals surface area contributed by atoms with Gasteiger partial charge in [0.25, 0.3) is 5.91 Å². The van der Waals surface area contributed by atoms with Gasteiger partial charge in [0.15, 0.2) is 0 Å². The van der Waals surface area contributed by atoms with Gasteiger partial charge in [-0.3, -0.25) is 14.5 Å². The fourth-order valence-electron chi connectivity index (χ4n) is 3.40. The molecule has 0 fully saturated rings. The van der Waals surface area contributed by atoms with Crippen LogP contribution in [-0.2, 0) is 17.8 Å². The average Bonchev–Trinajstić information content (AvgIpc) is 3.02. The highest BCUT2D eigenvalue weighted by molar-refractivity contribution is 5.98. The van der Waals surface area contributed by atoms with Crippen LogP contribution in [0.2, 0.25) is 0 Å². The van der Waals surface area contributed by atoms with E-state index in [9.17, 15) is 4.79 Å². The number of hydrogen-bond donors (Lipinski definition) is 0. The highest BCUT2D eigenvalue weighted by Crippen LogP contribution is 2.22. The summed E-state index contributed by atoms with van der Waals surface area (Å²) in [6.45, 7) is 1.85. The maximum Gasteiger partial charge on any atom is 0.254 e. The summed E-state index contributed by atoms with van der Waals surface area (Å²) in [5.41, 5.74) is 2.62. The number of amides is 1. The molecule has 0 spiro atoms. The van der Waals surface area contributed by atoms with Crippen molar-refractivity contribution in [1.29, 1.82) is 0 Å². The minimum atomic E-state index is 0.0162. The average molecular weight is 336 g/mol. The van der Waals surface area contributed by atoms with Crippen LogP contribution in [-0.4, -0.2) is 45.3 Å². The molecular formula is C19H20N4O2.